The van der Waals surface area contributed by atoms with Gasteiger partial charge in [-0.1, -0.05) is 0 Å². The van der Waals surface area contributed by atoms with Gasteiger partial charge in [-0.2, -0.15) is 0 Å². The first kappa shape index (κ1) is 10.6. The highest BCUT2D eigenvalue weighted by atomic mass is 16.1. The van der Waals surface area contributed by atoms with Crippen LogP contribution in [0.2, 0.25) is 0 Å². The molecule has 0 aliphatic heterocycles. The van der Waals surface area contributed by atoms with Crippen molar-refractivity contribution in [3.63, 3.8) is 0 Å². The molecule has 0 aliphatic rings. The van der Waals surface area contributed by atoms with Gasteiger partial charge in [0.05, 0.1) is 17.9 Å². The van der Waals surface area contributed by atoms with Gasteiger partial charge in [0.1, 0.15) is 0 Å². The van der Waals surface area contributed by atoms with E-state index in [0.717, 1.165) is 11.4 Å². The molecule has 0 spiro atoms. The van der Waals surface area contributed by atoms with E-state index >= 15 is 0 Å². The number of hydrogen-bond acceptors (Lipinski definition) is 4. The maximum absolute atomic E-state index is 10.5. The average molecular weight is 194 g/mol. The molecule has 1 rings (SSSR count). The Morgan fingerprint density at radius 1 is 1.57 bits per heavy atom. The molecule has 0 saturated carbocycles. The molecule has 76 valence electrons. The van der Waals surface area contributed by atoms with Crippen molar-refractivity contribution in [2.45, 2.75) is 19.9 Å². The molecule has 0 aliphatic carbocycles. The number of hydrogen-bond donors (Lipinski definition) is 2. The van der Waals surface area contributed by atoms with Crippen LogP contribution in [-0.4, -0.2) is 22.4 Å². The molecule has 0 aromatic carbocycles. The van der Waals surface area contributed by atoms with Crippen molar-refractivity contribution in [3.05, 3.63) is 23.8 Å². The van der Waals surface area contributed by atoms with Gasteiger partial charge in [0.25, 0.3) is 0 Å². The van der Waals surface area contributed by atoms with Crippen LogP contribution in [0.4, 0.5) is 0 Å². The SMILES string of the molecule is Cc1nccnc1C(C)NCC(N)=O. The van der Waals surface area contributed by atoms with Gasteiger partial charge in [0, 0.05) is 18.4 Å². The van der Waals surface area contributed by atoms with Gasteiger partial charge in [-0.3, -0.25) is 14.8 Å². The van der Waals surface area contributed by atoms with Crippen LogP contribution in [0, 0.1) is 6.92 Å². The third-order valence-electron chi connectivity index (χ3n) is 1.91. The minimum absolute atomic E-state index is 0.0174. The molecule has 0 bridgehead atoms. The van der Waals surface area contributed by atoms with Crippen molar-refractivity contribution in [1.29, 1.82) is 0 Å². The predicted octanol–water partition coefficient (Wildman–Crippen LogP) is -0.0791. The van der Waals surface area contributed by atoms with E-state index in [1.807, 2.05) is 13.8 Å². The van der Waals surface area contributed by atoms with Gasteiger partial charge in [0.15, 0.2) is 0 Å². The van der Waals surface area contributed by atoms with Gasteiger partial charge in [0.2, 0.25) is 5.91 Å². The molecule has 0 radical (unpaired) electrons. The summed E-state index contributed by atoms with van der Waals surface area (Å²) in [6.45, 7) is 3.95. The number of aromatic nitrogens is 2. The molecule has 0 saturated heterocycles. The standard InChI is InChI=1S/C9H14N4O/c1-6-9(12-4-3-11-6)7(2)13-5-8(10)14/h3-4,7,13H,5H2,1-2H3,(H2,10,14). The van der Waals surface area contributed by atoms with E-state index in [1.165, 1.54) is 0 Å². The van der Waals surface area contributed by atoms with Gasteiger partial charge in [-0.25, -0.2) is 0 Å². The van der Waals surface area contributed by atoms with E-state index in [2.05, 4.69) is 15.3 Å². The summed E-state index contributed by atoms with van der Waals surface area (Å²) in [4.78, 5) is 18.8. The lowest BCUT2D eigenvalue weighted by Crippen LogP contribution is -2.31. The van der Waals surface area contributed by atoms with Gasteiger partial charge >= 0.3 is 0 Å². The zero-order valence-corrected chi connectivity index (χ0v) is 8.32. The van der Waals surface area contributed by atoms with Gasteiger partial charge in [-0.15, -0.1) is 0 Å². The Bertz CT molecular complexity index is 326. The topological polar surface area (TPSA) is 80.9 Å². The summed E-state index contributed by atoms with van der Waals surface area (Å²) in [5.74, 6) is -0.376. The lowest BCUT2D eigenvalue weighted by atomic mass is 10.2. The fourth-order valence-corrected chi connectivity index (χ4v) is 1.19. The first-order valence-corrected chi connectivity index (χ1v) is 4.40. The number of rotatable bonds is 4. The highest BCUT2D eigenvalue weighted by molar-refractivity contribution is 5.75. The first-order chi connectivity index (χ1) is 6.61. The van der Waals surface area contributed by atoms with Crippen molar-refractivity contribution in [1.82, 2.24) is 15.3 Å². The van der Waals surface area contributed by atoms with E-state index in [4.69, 9.17) is 5.73 Å². The highest BCUT2D eigenvalue weighted by Crippen LogP contribution is 2.10. The molecule has 1 aromatic rings. The summed E-state index contributed by atoms with van der Waals surface area (Å²) in [7, 11) is 0. The maximum Gasteiger partial charge on any atom is 0.231 e. The van der Waals surface area contributed by atoms with Crippen LogP contribution in [0.15, 0.2) is 12.4 Å². The lowest BCUT2D eigenvalue weighted by Gasteiger charge is -2.13. The summed E-state index contributed by atoms with van der Waals surface area (Å²) >= 11 is 0. The van der Waals surface area contributed by atoms with Crippen LogP contribution in [0.25, 0.3) is 0 Å². The number of carbonyl (C=O) groups is 1. The summed E-state index contributed by atoms with van der Waals surface area (Å²) < 4.78 is 0. The zero-order chi connectivity index (χ0) is 10.6. The molecule has 1 atom stereocenters. The molecule has 1 aromatic heterocycles. The Balaban J connectivity index is 2.65. The minimum Gasteiger partial charge on any atom is -0.369 e. The van der Waals surface area contributed by atoms with Crippen LogP contribution in [0.5, 0.6) is 0 Å². The molecule has 5 nitrogen and oxygen atoms in total. The molecular weight excluding hydrogens is 180 g/mol. The van der Waals surface area contributed by atoms with E-state index in [-0.39, 0.29) is 18.5 Å². The van der Waals surface area contributed by atoms with Crippen molar-refractivity contribution in [2.75, 3.05) is 6.54 Å². The van der Waals surface area contributed by atoms with E-state index < -0.39 is 0 Å². The smallest absolute Gasteiger partial charge is 0.231 e. The van der Waals surface area contributed by atoms with Crippen LogP contribution in [-0.2, 0) is 4.79 Å². The number of amides is 1. The fraction of sp³-hybridized carbons (Fsp3) is 0.444. The quantitative estimate of drug-likeness (QED) is 0.702. The Hall–Kier alpha value is -1.49. The molecule has 0 fully saturated rings. The Morgan fingerprint density at radius 3 is 2.79 bits per heavy atom. The molecule has 5 heteroatoms. The molecular formula is C9H14N4O. The van der Waals surface area contributed by atoms with E-state index in [9.17, 15) is 4.79 Å². The second-order valence-corrected chi connectivity index (χ2v) is 3.10. The Morgan fingerprint density at radius 2 is 2.21 bits per heavy atom. The second-order valence-electron chi connectivity index (χ2n) is 3.10. The van der Waals surface area contributed by atoms with Crippen molar-refractivity contribution in [2.24, 2.45) is 5.73 Å². The number of primary amides is 1. The summed E-state index contributed by atoms with van der Waals surface area (Å²) in [6.07, 6.45) is 3.27. The molecule has 1 heterocycles. The summed E-state index contributed by atoms with van der Waals surface area (Å²) in [5, 5.41) is 2.96. The number of carbonyl (C=O) groups excluding carboxylic acids is 1. The van der Waals surface area contributed by atoms with Crippen LogP contribution in [0.1, 0.15) is 24.4 Å². The van der Waals surface area contributed by atoms with E-state index in [0.29, 0.717) is 0 Å². The zero-order valence-electron chi connectivity index (χ0n) is 8.32. The largest absolute Gasteiger partial charge is 0.369 e. The van der Waals surface area contributed by atoms with Crippen LogP contribution >= 0.6 is 0 Å². The number of nitrogens with one attached hydrogen (secondary N) is 1. The van der Waals surface area contributed by atoms with E-state index in [1.54, 1.807) is 12.4 Å². The highest BCUT2D eigenvalue weighted by Gasteiger charge is 2.10. The van der Waals surface area contributed by atoms with Gasteiger partial charge in [-0.05, 0) is 13.8 Å². The van der Waals surface area contributed by atoms with Crippen LogP contribution < -0.4 is 11.1 Å². The average Bonchev–Trinajstić information content (AvgIpc) is 2.15. The Kier molecular flexibility index (Phi) is 3.53. The second kappa shape index (κ2) is 4.66. The monoisotopic (exact) mass is 194 g/mol. The van der Waals surface area contributed by atoms with Crippen molar-refractivity contribution < 1.29 is 4.79 Å². The van der Waals surface area contributed by atoms with Crippen LogP contribution in [0.3, 0.4) is 0 Å². The fourth-order valence-electron chi connectivity index (χ4n) is 1.19. The minimum atomic E-state index is -0.376. The molecule has 14 heavy (non-hydrogen) atoms. The number of nitrogens with zero attached hydrogens (tertiary/aromatic N) is 2. The molecule has 1 unspecified atom stereocenters. The lowest BCUT2D eigenvalue weighted by molar-refractivity contribution is -0.117. The number of nitrogens with two attached hydrogens (primary N) is 1. The summed E-state index contributed by atoms with van der Waals surface area (Å²) in [5.41, 5.74) is 6.72. The first-order valence-electron chi connectivity index (χ1n) is 4.40. The third kappa shape index (κ3) is 2.77. The molecule has 1 amide bonds. The number of aryl methyl sites for hydroxylation is 1. The normalized spacial score (nSPS) is 12.4. The third-order valence-corrected chi connectivity index (χ3v) is 1.91. The van der Waals surface area contributed by atoms with Crippen molar-refractivity contribution >= 4 is 5.91 Å². The Labute approximate surface area is 82.7 Å². The predicted molar refractivity (Wildman–Crippen MR) is 52.4 cm³/mol. The maximum atomic E-state index is 10.5. The summed E-state index contributed by atoms with van der Waals surface area (Å²) in [6, 6.07) is -0.0174. The van der Waals surface area contributed by atoms with Gasteiger partial charge < -0.3 is 11.1 Å². The molecule has 3 N–H and O–H groups in total. The van der Waals surface area contributed by atoms with Crippen molar-refractivity contribution in [3.8, 4) is 0 Å².